The fraction of sp³-hybridized carbons (Fsp3) is 0.333. The van der Waals surface area contributed by atoms with Crippen molar-refractivity contribution in [2.75, 3.05) is 0 Å². The monoisotopic (exact) mass is 319 g/mol. The van der Waals surface area contributed by atoms with Crippen LogP contribution < -0.4 is 4.13 Å². The zero-order valence-corrected chi connectivity index (χ0v) is 12.3. The molecule has 0 radical (unpaired) electrons. The Balaban J connectivity index is 0.000000302. The number of nitrogens with one attached hydrogen (secondary N) is 1. The minimum Gasteiger partial charge on any atom is -0.215 e. The summed E-state index contributed by atoms with van der Waals surface area (Å²) in [4.78, 5) is 0. The second kappa shape index (κ2) is 8.16. The lowest BCUT2D eigenvalue weighted by molar-refractivity contribution is 0.515. The standard InChI is InChI=1S/C8H10.CH2Cl2FNO2S2/c1-7-5-3-4-6-8(7)2;2-1(3,4)8-5-9(6)7/h3-6H,1-2H3;9H,(H,5,6,7). The maximum Gasteiger partial charge on any atom is 0.319 e. The topological polar surface area (TPSA) is 46.2 Å². The van der Waals surface area contributed by atoms with Gasteiger partial charge in [-0.25, -0.2) is 8.42 Å². The van der Waals surface area contributed by atoms with E-state index in [1.807, 2.05) is 0 Å². The molecule has 8 heteroatoms. The molecule has 0 bridgehead atoms. The van der Waals surface area contributed by atoms with Crippen molar-refractivity contribution in [3.63, 3.8) is 0 Å². The maximum absolute atomic E-state index is 11.9. The smallest absolute Gasteiger partial charge is 0.215 e. The molecular formula is C9H12Cl2FNO2S2. The Morgan fingerprint density at radius 1 is 1.24 bits per heavy atom. The van der Waals surface area contributed by atoms with E-state index in [2.05, 4.69) is 38.1 Å². The van der Waals surface area contributed by atoms with Crippen molar-refractivity contribution in [1.82, 2.24) is 4.13 Å². The zero-order valence-electron chi connectivity index (χ0n) is 9.12. The van der Waals surface area contributed by atoms with E-state index in [4.69, 9.17) is 23.2 Å². The van der Waals surface area contributed by atoms with Crippen LogP contribution in [0.4, 0.5) is 4.39 Å². The first kappa shape index (κ1) is 17.0. The molecular weight excluding hydrogens is 308 g/mol. The van der Waals surface area contributed by atoms with E-state index in [9.17, 15) is 12.8 Å². The summed E-state index contributed by atoms with van der Waals surface area (Å²) < 4.78 is 30.3. The number of benzene rings is 1. The molecule has 0 saturated carbocycles. The fourth-order valence-corrected chi connectivity index (χ4v) is 2.08. The highest BCUT2D eigenvalue weighted by molar-refractivity contribution is 8.07. The minimum absolute atomic E-state index is 0.0597. The van der Waals surface area contributed by atoms with Crippen LogP contribution in [0.15, 0.2) is 24.3 Å². The molecule has 0 unspecified atom stereocenters. The molecule has 0 saturated heterocycles. The molecule has 98 valence electrons. The van der Waals surface area contributed by atoms with Crippen molar-refractivity contribution in [3.05, 3.63) is 35.4 Å². The van der Waals surface area contributed by atoms with Crippen molar-refractivity contribution in [1.29, 1.82) is 0 Å². The summed E-state index contributed by atoms with van der Waals surface area (Å²) >= 11 is 9.48. The van der Waals surface area contributed by atoms with E-state index >= 15 is 0 Å². The number of alkyl halides is 3. The second-order valence-electron chi connectivity index (χ2n) is 2.98. The third-order valence-electron chi connectivity index (χ3n) is 1.66. The van der Waals surface area contributed by atoms with E-state index in [-0.39, 0.29) is 11.9 Å². The second-order valence-corrected chi connectivity index (χ2v) is 6.67. The highest BCUT2D eigenvalue weighted by Gasteiger charge is 2.22. The predicted octanol–water partition coefficient (Wildman–Crippen LogP) is 3.11. The first-order valence-electron chi connectivity index (χ1n) is 4.39. The Bertz CT molecular complexity index is 393. The summed E-state index contributed by atoms with van der Waals surface area (Å²) in [6.07, 6.45) is 0. The van der Waals surface area contributed by atoms with E-state index < -0.39 is 14.8 Å². The SMILES string of the molecule is Cc1ccccc1C.O=[SH](=O)NSC(F)(Cl)Cl. The summed E-state index contributed by atoms with van der Waals surface area (Å²) in [6, 6.07) is 8.36. The number of halogens is 3. The van der Waals surface area contributed by atoms with Gasteiger partial charge >= 0.3 is 3.92 Å². The zero-order chi connectivity index (χ0) is 13.5. The average molecular weight is 320 g/mol. The first-order chi connectivity index (χ1) is 7.72. The summed E-state index contributed by atoms with van der Waals surface area (Å²) in [5.41, 5.74) is 2.74. The van der Waals surface area contributed by atoms with E-state index in [1.165, 1.54) is 11.1 Å². The van der Waals surface area contributed by atoms with Crippen molar-refractivity contribution in [2.24, 2.45) is 0 Å². The maximum atomic E-state index is 11.9. The Morgan fingerprint density at radius 3 is 1.82 bits per heavy atom. The molecule has 1 aromatic rings. The van der Waals surface area contributed by atoms with Gasteiger partial charge in [-0.15, -0.1) is 0 Å². The lowest BCUT2D eigenvalue weighted by atomic mass is 10.1. The van der Waals surface area contributed by atoms with Gasteiger partial charge in [0, 0.05) is 11.9 Å². The Labute approximate surface area is 116 Å². The van der Waals surface area contributed by atoms with Gasteiger partial charge < -0.3 is 0 Å². The summed E-state index contributed by atoms with van der Waals surface area (Å²) in [7, 11) is -2.86. The molecule has 17 heavy (non-hydrogen) atoms. The fourth-order valence-electron chi connectivity index (χ4n) is 0.752. The van der Waals surface area contributed by atoms with Crippen LogP contribution in [0.25, 0.3) is 0 Å². The van der Waals surface area contributed by atoms with Gasteiger partial charge in [-0.2, -0.15) is 8.52 Å². The van der Waals surface area contributed by atoms with Crippen LogP contribution in [0, 0.1) is 13.8 Å². The van der Waals surface area contributed by atoms with Gasteiger partial charge in [-0.1, -0.05) is 47.5 Å². The van der Waals surface area contributed by atoms with Gasteiger partial charge in [0.1, 0.15) is 0 Å². The van der Waals surface area contributed by atoms with Crippen molar-refractivity contribution < 1.29 is 12.8 Å². The molecule has 3 nitrogen and oxygen atoms in total. The van der Waals surface area contributed by atoms with E-state index in [1.54, 1.807) is 4.13 Å². The Hall–Kier alpha value is -0.0100. The van der Waals surface area contributed by atoms with Gasteiger partial charge in [-0.3, -0.25) is 0 Å². The molecule has 0 aliphatic rings. The normalized spacial score (nSPS) is 10.9. The third kappa shape index (κ3) is 10.8. The van der Waals surface area contributed by atoms with E-state index in [0.717, 1.165) is 0 Å². The quantitative estimate of drug-likeness (QED) is 0.511. The molecule has 0 aromatic heterocycles. The molecule has 0 heterocycles. The Morgan fingerprint density at radius 2 is 1.65 bits per heavy atom. The molecule has 1 rings (SSSR count). The van der Waals surface area contributed by atoms with Crippen molar-refractivity contribution in [2.45, 2.75) is 17.8 Å². The molecule has 0 amide bonds. The van der Waals surface area contributed by atoms with Crippen LogP contribution in [0.5, 0.6) is 0 Å². The minimum atomic E-state index is -2.86. The molecule has 0 atom stereocenters. The summed E-state index contributed by atoms with van der Waals surface area (Å²) in [6.45, 7) is 4.24. The largest absolute Gasteiger partial charge is 0.319 e. The van der Waals surface area contributed by atoms with Gasteiger partial charge in [0.05, 0.1) is 0 Å². The van der Waals surface area contributed by atoms with Gasteiger partial charge in [0.2, 0.25) is 10.9 Å². The molecule has 0 aliphatic heterocycles. The third-order valence-corrected chi connectivity index (χ3v) is 3.32. The number of hydrogen-bond acceptors (Lipinski definition) is 3. The predicted molar refractivity (Wildman–Crippen MR) is 72.5 cm³/mol. The van der Waals surface area contributed by atoms with Crippen LogP contribution >= 0.6 is 35.1 Å². The van der Waals surface area contributed by atoms with Crippen LogP contribution in [0.1, 0.15) is 11.1 Å². The van der Waals surface area contributed by atoms with Crippen LogP contribution in [-0.2, 0) is 10.9 Å². The summed E-state index contributed by atoms with van der Waals surface area (Å²) in [5, 5.41) is 0. The lowest BCUT2D eigenvalue weighted by Crippen LogP contribution is -2.08. The lowest BCUT2D eigenvalue weighted by Gasteiger charge is -2.03. The highest BCUT2D eigenvalue weighted by atomic mass is 35.5. The van der Waals surface area contributed by atoms with Gasteiger partial charge in [-0.05, 0) is 25.0 Å². The molecule has 0 fully saturated rings. The van der Waals surface area contributed by atoms with Crippen LogP contribution in [0.2, 0.25) is 0 Å². The molecule has 1 N–H and O–H groups in total. The van der Waals surface area contributed by atoms with Crippen LogP contribution in [0.3, 0.4) is 0 Å². The summed E-state index contributed by atoms with van der Waals surface area (Å²) in [5.74, 6) is 0. The molecule has 1 aromatic carbocycles. The number of aryl methyl sites for hydroxylation is 2. The van der Waals surface area contributed by atoms with Crippen molar-refractivity contribution >= 4 is 46.0 Å². The van der Waals surface area contributed by atoms with Crippen molar-refractivity contribution in [3.8, 4) is 0 Å². The number of rotatable bonds is 3. The number of thiol groups is 1. The first-order valence-corrected chi connectivity index (χ1v) is 7.14. The van der Waals surface area contributed by atoms with Gasteiger partial charge in [0.25, 0.3) is 0 Å². The molecule has 0 aliphatic carbocycles. The average Bonchev–Trinajstić information content (AvgIpc) is 2.20. The van der Waals surface area contributed by atoms with E-state index in [0.29, 0.717) is 0 Å². The molecule has 0 spiro atoms. The van der Waals surface area contributed by atoms with Crippen LogP contribution in [-0.4, -0.2) is 12.3 Å². The van der Waals surface area contributed by atoms with Gasteiger partial charge in [0.15, 0.2) is 0 Å². The Kier molecular flexibility index (Phi) is 8.15. The highest BCUT2D eigenvalue weighted by Crippen LogP contribution is 2.33. The number of hydrogen-bond donors (Lipinski definition) is 2.